The molecule has 5 rings (SSSR count). The first-order chi connectivity index (χ1) is 29.9. The van der Waals surface area contributed by atoms with Crippen LogP contribution < -0.4 is 0 Å². The van der Waals surface area contributed by atoms with Crippen LogP contribution in [0.1, 0.15) is 147 Å². The number of carboxylic acids is 1. The fourth-order valence-electron chi connectivity index (χ4n) is 8.39. The topological polar surface area (TPSA) is 199 Å². The summed E-state index contributed by atoms with van der Waals surface area (Å²) in [5, 5.41) is 46.3. The van der Waals surface area contributed by atoms with Crippen molar-refractivity contribution in [2.75, 3.05) is 41.7 Å². The van der Waals surface area contributed by atoms with Gasteiger partial charge in [0.1, 0.15) is 12.4 Å². The summed E-state index contributed by atoms with van der Waals surface area (Å²) >= 11 is 0. The number of ether oxygens (including phenoxy) is 4. The highest BCUT2D eigenvalue weighted by Crippen LogP contribution is 2.47. The summed E-state index contributed by atoms with van der Waals surface area (Å²) in [6.45, 7) is 28.5. The van der Waals surface area contributed by atoms with Gasteiger partial charge in [-0.05, 0) is 98.6 Å². The second kappa shape index (κ2) is 27.0. The molecule has 0 aromatic heterocycles. The quantitative estimate of drug-likeness (QED) is 0.102. The number of hydrogen-bond donors (Lipinski definition) is 5. The molecule has 5 N–H and O–H groups in total. The molecule has 0 aromatic carbocycles. The fourth-order valence-corrected chi connectivity index (χ4v) is 9.53. The Kier molecular flexibility index (Phi) is 26.6. The third-order valence-electron chi connectivity index (χ3n) is 14.4. The van der Waals surface area contributed by atoms with Gasteiger partial charge in [-0.1, -0.05) is 76.2 Å². The number of hydrogen-bond acceptors (Lipinski definition) is 12. The van der Waals surface area contributed by atoms with Gasteiger partial charge in [0, 0.05) is 101 Å². The smallest absolute Gasteiger partial charge is 0.333 e. The number of aliphatic hydroxyl groups excluding tert-OH is 4. The van der Waals surface area contributed by atoms with Crippen LogP contribution in [0.25, 0.3) is 0 Å². The number of ketones is 1. The van der Waals surface area contributed by atoms with E-state index in [0.717, 1.165) is 64.3 Å². The number of carbonyl (C=O) groups is 3. The average molecular weight is 945 g/mol. The van der Waals surface area contributed by atoms with Crippen LogP contribution in [0.3, 0.4) is 0 Å². The molecule has 5 aliphatic carbocycles. The Morgan fingerprint density at radius 1 is 0.727 bits per heavy atom. The summed E-state index contributed by atoms with van der Waals surface area (Å²) in [6.07, 6.45) is 8.31. The van der Waals surface area contributed by atoms with Crippen LogP contribution in [0, 0.1) is 32.5 Å². The van der Waals surface area contributed by atoms with Gasteiger partial charge < -0.3 is 53.7 Å². The largest absolute Gasteiger partial charge is 0.479 e. The number of aldehydes is 1. The molecule has 7 radical (unpaired) electrons. The molecule has 0 saturated heterocycles. The van der Waals surface area contributed by atoms with E-state index in [-0.39, 0.29) is 56.2 Å². The molecule has 66 heavy (non-hydrogen) atoms. The van der Waals surface area contributed by atoms with E-state index in [1.54, 1.807) is 35.4 Å². The molecule has 0 aromatic rings. The Hall–Kier alpha value is -1.01. The van der Waals surface area contributed by atoms with Crippen molar-refractivity contribution in [1.82, 2.24) is 0 Å². The zero-order chi connectivity index (χ0) is 51.9. The van der Waals surface area contributed by atoms with E-state index in [1.807, 2.05) is 34.6 Å². The maximum absolute atomic E-state index is 11.9. The lowest BCUT2D eigenvalue weighted by Crippen LogP contribution is -2.51. The van der Waals surface area contributed by atoms with Gasteiger partial charge >= 0.3 is 5.97 Å². The molecule has 375 valence electrons. The summed E-state index contributed by atoms with van der Waals surface area (Å²) in [5.41, 5.74) is -0.495. The lowest BCUT2D eigenvalue weighted by Gasteiger charge is -2.47. The Bertz CT molecular complexity index is 1430. The zero-order valence-corrected chi connectivity index (χ0v) is 45.2. The maximum atomic E-state index is 11.9. The molecule has 0 bridgehead atoms. The van der Waals surface area contributed by atoms with Crippen molar-refractivity contribution >= 4 is 63.0 Å². The number of rotatable bonds is 15. The van der Waals surface area contributed by atoms with Gasteiger partial charge in [0.25, 0.3) is 0 Å². The summed E-state index contributed by atoms with van der Waals surface area (Å²) in [4.78, 5) is 32.7. The van der Waals surface area contributed by atoms with Crippen molar-refractivity contribution < 1.29 is 63.3 Å². The van der Waals surface area contributed by atoms with Crippen LogP contribution in [0.5, 0.6) is 0 Å². The molecule has 5 fully saturated rings. The standard InChI is InChI=1S/C13H24O3.C12H26O2Si.C8H14O4.C7H14O2.C7H12O2.B5/c1-12(2,3)8-10(14)11(15)13(4)6-9(7-13)16-5;1-11(2,3)15(5,6)14-9-12(4)7-10(13)8-12;1-8(6(9)7(10)11)3-5(4-8)12-2;2*1-7(5-8)3-6(4-7)9-2;1-4-5(2)3/h9,11,15H,6-8H2,1-5H3;10,13H,7-9H2,1-6H3;5-6,9H,3-4H2,1-2H3,(H,10,11);6,8H,3-5H2,1-2H3;5-6H,3-4H2,1-2H3;. The Morgan fingerprint density at radius 2 is 1.09 bits per heavy atom. The summed E-state index contributed by atoms with van der Waals surface area (Å²) in [5.74, 6) is -1.18. The third kappa shape index (κ3) is 21.5. The highest BCUT2D eigenvalue weighted by atomic mass is 28.4. The lowest BCUT2D eigenvalue weighted by molar-refractivity contribution is -0.168. The van der Waals surface area contributed by atoms with Crippen molar-refractivity contribution in [2.24, 2.45) is 32.5 Å². The molecule has 2 atom stereocenters. The zero-order valence-electron chi connectivity index (χ0n) is 44.2. The Balaban J connectivity index is 0.000000792. The second-order valence-electron chi connectivity index (χ2n) is 24.2. The molecule has 0 heterocycles. The van der Waals surface area contributed by atoms with Gasteiger partial charge in [0.05, 0.1) is 30.5 Å². The third-order valence-corrected chi connectivity index (χ3v) is 18.9. The van der Waals surface area contributed by atoms with E-state index in [0.29, 0.717) is 38.1 Å². The maximum Gasteiger partial charge on any atom is 0.333 e. The van der Waals surface area contributed by atoms with Gasteiger partial charge in [-0.3, -0.25) is 4.79 Å². The molecular formula is C47H90B5O13Si. The normalized spacial score (nSPS) is 33.9. The van der Waals surface area contributed by atoms with Gasteiger partial charge in [-0.15, -0.1) is 0 Å². The number of methoxy groups -OCH3 is 4. The van der Waals surface area contributed by atoms with Crippen molar-refractivity contribution in [1.29, 1.82) is 0 Å². The molecule has 0 spiro atoms. The van der Waals surface area contributed by atoms with Crippen LogP contribution in [0.15, 0.2) is 0 Å². The SMILES string of the molecule is CC1(CO[Si](C)(C)C(C)(C)C)CC(O)C1.COC1CC(C)(C(O)C(=O)CC(C)(C)C)C1.COC1CC(C)(C(O)C(=O)O)C1.COC1CC(C)(C=O)C1.COC1CC(C)(CO)C1.[B][B]B([B])[B]. The number of aliphatic carboxylic acids is 1. The molecule has 0 aliphatic heterocycles. The first-order valence-corrected chi connectivity index (χ1v) is 26.5. The number of Topliss-reactive ketones (excluding diaryl/α,β-unsaturated/α-hetero) is 1. The van der Waals surface area contributed by atoms with Crippen LogP contribution in [0.4, 0.5) is 0 Å². The van der Waals surface area contributed by atoms with Crippen molar-refractivity contribution in [3.8, 4) is 0 Å². The van der Waals surface area contributed by atoms with E-state index in [2.05, 4.69) is 47.7 Å². The average Bonchev–Trinajstić information content (AvgIpc) is 3.16. The van der Waals surface area contributed by atoms with E-state index >= 15 is 0 Å². The van der Waals surface area contributed by atoms with Crippen LogP contribution in [-0.4, -0.2) is 173 Å². The van der Waals surface area contributed by atoms with Gasteiger partial charge in [0.2, 0.25) is 0 Å². The van der Waals surface area contributed by atoms with E-state index in [9.17, 15) is 29.7 Å². The molecule has 19 heteroatoms. The first-order valence-electron chi connectivity index (χ1n) is 23.6. The fraction of sp³-hybridized carbons (Fsp3) is 0.936. The van der Waals surface area contributed by atoms with Gasteiger partial charge in [-0.25, -0.2) is 4.79 Å². The predicted octanol–water partition coefficient (Wildman–Crippen LogP) is 5.47. The molecule has 5 aliphatic rings. The van der Waals surface area contributed by atoms with Crippen molar-refractivity contribution in [3.05, 3.63) is 0 Å². The number of aliphatic hydroxyl groups is 4. The Labute approximate surface area is 406 Å². The van der Waals surface area contributed by atoms with Crippen LogP contribution in [0.2, 0.25) is 18.1 Å². The van der Waals surface area contributed by atoms with E-state index in [4.69, 9.17) is 56.8 Å². The van der Waals surface area contributed by atoms with Crippen LogP contribution >= 0.6 is 0 Å². The minimum Gasteiger partial charge on any atom is -0.479 e. The van der Waals surface area contributed by atoms with Crippen molar-refractivity contribution in [2.45, 2.75) is 208 Å². The highest BCUT2D eigenvalue weighted by Gasteiger charge is 2.50. The number of carbonyl (C=O) groups excluding carboxylic acids is 2. The first kappa shape index (κ1) is 65.0. The van der Waals surface area contributed by atoms with Gasteiger partial charge in [-0.2, -0.15) is 0 Å². The molecule has 0 amide bonds. The molecule has 5 saturated carbocycles. The second-order valence-corrected chi connectivity index (χ2v) is 29.0. The Morgan fingerprint density at radius 3 is 1.38 bits per heavy atom. The minimum atomic E-state index is -1.60. The summed E-state index contributed by atoms with van der Waals surface area (Å²) < 4.78 is 26.5. The van der Waals surface area contributed by atoms with Crippen molar-refractivity contribution in [3.63, 3.8) is 0 Å². The predicted molar refractivity (Wildman–Crippen MR) is 270 cm³/mol. The summed E-state index contributed by atoms with van der Waals surface area (Å²) in [6, 6.07) is 0. The van der Waals surface area contributed by atoms with Crippen LogP contribution in [-0.2, 0) is 37.8 Å². The molecular weight excluding hydrogens is 855 g/mol. The molecule has 13 nitrogen and oxygen atoms in total. The highest BCUT2D eigenvalue weighted by molar-refractivity contribution is 7.60. The summed E-state index contributed by atoms with van der Waals surface area (Å²) in [7, 11) is 20.9. The minimum absolute atomic E-state index is 0.0375. The molecule has 2 unspecified atom stereocenters. The van der Waals surface area contributed by atoms with Gasteiger partial charge in [0.15, 0.2) is 20.2 Å². The van der Waals surface area contributed by atoms with E-state index < -0.39 is 38.3 Å². The number of carboxylic acid groups (broad SMARTS) is 1. The van der Waals surface area contributed by atoms with E-state index in [1.165, 1.54) is 7.06 Å². The monoisotopic (exact) mass is 946 g/mol. The lowest BCUT2D eigenvalue weighted by atomic mass is 8.97.